The van der Waals surface area contributed by atoms with Crippen molar-refractivity contribution in [3.05, 3.63) is 47.5 Å². The molecule has 1 amide bonds. The van der Waals surface area contributed by atoms with Crippen molar-refractivity contribution in [3.63, 3.8) is 0 Å². The average molecular weight is 392 g/mol. The molecule has 0 fully saturated rings. The van der Waals surface area contributed by atoms with Crippen LogP contribution < -0.4 is 19.5 Å². The zero-order valence-corrected chi connectivity index (χ0v) is 15.3. The van der Waals surface area contributed by atoms with Crippen LogP contribution in [0.15, 0.2) is 42.5 Å². The molecule has 3 rings (SSSR count). The summed E-state index contributed by atoms with van der Waals surface area (Å²) >= 11 is 5.94. The second kappa shape index (κ2) is 8.64. The van der Waals surface area contributed by atoms with E-state index in [2.05, 4.69) is 5.32 Å². The number of para-hydroxylation sites is 1. The second-order valence-electron chi connectivity index (χ2n) is 5.70. The van der Waals surface area contributed by atoms with E-state index in [1.165, 1.54) is 6.92 Å². The Hall–Kier alpha value is -2.93. The SMILES string of the molecule is C[C@H](OC(=O)COc1ccccc1Cl)C(=O)Nc1ccc2c(c1)OCCO2. The number of rotatable bonds is 6. The van der Waals surface area contributed by atoms with E-state index in [-0.39, 0.29) is 6.61 Å². The number of halogens is 1. The molecule has 1 atom stereocenters. The Morgan fingerprint density at radius 3 is 2.67 bits per heavy atom. The van der Waals surface area contributed by atoms with Crippen molar-refractivity contribution in [1.29, 1.82) is 0 Å². The van der Waals surface area contributed by atoms with Crippen LogP contribution in [-0.2, 0) is 14.3 Å². The maximum absolute atomic E-state index is 12.2. The van der Waals surface area contributed by atoms with Gasteiger partial charge in [-0.05, 0) is 31.2 Å². The first-order chi connectivity index (χ1) is 13.0. The Labute approximate surface area is 161 Å². The minimum atomic E-state index is -0.999. The molecule has 1 N–H and O–H groups in total. The van der Waals surface area contributed by atoms with Gasteiger partial charge in [0.05, 0.1) is 5.02 Å². The lowest BCUT2D eigenvalue weighted by atomic mass is 10.2. The summed E-state index contributed by atoms with van der Waals surface area (Å²) in [6.07, 6.45) is -0.999. The highest BCUT2D eigenvalue weighted by Gasteiger charge is 2.20. The number of benzene rings is 2. The summed E-state index contributed by atoms with van der Waals surface area (Å²) in [6.45, 7) is 2.05. The van der Waals surface area contributed by atoms with Crippen molar-refractivity contribution < 1.29 is 28.5 Å². The molecule has 8 heteroatoms. The number of fused-ring (bicyclic) bond motifs is 1. The maximum Gasteiger partial charge on any atom is 0.344 e. The van der Waals surface area contributed by atoms with Gasteiger partial charge in [0.1, 0.15) is 19.0 Å². The lowest BCUT2D eigenvalue weighted by Gasteiger charge is -2.19. The number of esters is 1. The first kappa shape index (κ1) is 18.8. The van der Waals surface area contributed by atoms with Gasteiger partial charge in [0.15, 0.2) is 24.2 Å². The van der Waals surface area contributed by atoms with Gasteiger partial charge in [0, 0.05) is 11.8 Å². The third kappa shape index (κ3) is 5.04. The zero-order chi connectivity index (χ0) is 19.2. The fourth-order valence-electron chi connectivity index (χ4n) is 2.35. The molecule has 27 heavy (non-hydrogen) atoms. The van der Waals surface area contributed by atoms with E-state index in [1.54, 1.807) is 42.5 Å². The summed E-state index contributed by atoms with van der Waals surface area (Å²) in [5.41, 5.74) is 0.513. The molecule has 0 aromatic heterocycles. The van der Waals surface area contributed by atoms with Gasteiger partial charge in [-0.3, -0.25) is 4.79 Å². The second-order valence-corrected chi connectivity index (χ2v) is 6.11. The van der Waals surface area contributed by atoms with Crippen LogP contribution in [0.25, 0.3) is 0 Å². The lowest BCUT2D eigenvalue weighted by Crippen LogP contribution is -2.31. The minimum Gasteiger partial charge on any atom is -0.486 e. The molecular weight excluding hydrogens is 374 g/mol. The molecule has 0 saturated heterocycles. The number of nitrogens with one attached hydrogen (secondary N) is 1. The molecule has 0 saturated carbocycles. The zero-order valence-electron chi connectivity index (χ0n) is 14.6. The van der Waals surface area contributed by atoms with Crippen LogP contribution in [0, 0.1) is 0 Å². The van der Waals surface area contributed by atoms with Crippen LogP contribution in [0.4, 0.5) is 5.69 Å². The monoisotopic (exact) mass is 391 g/mol. The number of amides is 1. The summed E-state index contributed by atoms with van der Waals surface area (Å²) in [5, 5.41) is 3.05. The van der Waals surface area contributed by atoms with E-state index >= 15 is 0 Å². The average Bonchev–Trinajstić information content (AvgIpc) is 2.67. The van der Waals surface area contributed by atoms with Crippen LogP contribution in [0.5, 0.6) is 17.2 Å². The summed E-state index contributed by atoms with van der Waals surface area (Å²) in [4.78, 5) is 24.1. The van der Waals surface area contributed by atoms with Gasteiger partial charge < -0.3 is 24.3 Å². The van der Waals surface area contributed by atoms with Gasteiger partial charge in [-0.1, -0.05) is 23.7 Å². The molecule has 1 heterocycles. The van der Waals surface area contributed by atoms with Crippen molar-refractivity contribution in [3.8, 4) is 17.2 Å². The third-order valence-electron chi connectivity index (χ3n) is 3.67. The van der Waals surface area contributed by atoms with Gasteiger partial charge in [0.2, 0.25) is 0 Å². The predicted octanol–water partition coefficient (Wildman–Crippen LogP) is 3.06. The Morgan fingerprint density at radius 1 is 1.15 bits per heavy atom. The maximum atomic E-state index is 12.2. The van der Waals surface area contributed by atoms with Crippen LogP contribution in [0.1, 0.15) is 6.92 Å². The Kier molecular flexibility index (Phi) is 6.03. The van der Waals surface area contributed by atoms with E-state index < -0.39 is 18.0 Å². The van der Waals surface area contributed by atoms with Gasteiger partial charge in [0.25, 0.3) is 5.91 Å². The largest absolute Gasteiger partial charge is 0.486 e. The van der Waals surface area contributed by atoms with E-state index in [1.807, 2.05) is 0 Å². The molecule has 0 unspecified atom stereocenters. The smallest absolute Gasteiger partial charge is 0.344 e. The molecular formula is C19H18ClNO6. The van der Waals surface area contributed by atoms with Crippen molar-refractivity contribution in [2.24, 2.45) is 0 Å². The van der Waals surface area contributed by atoms with E-state index in [0.717, 1.165) is 0 Å². The summed E-state index contributed by atoms with van der Waals surface area (Å²) in [6, 6.07) is 11.8. The predicted molar refractivity (Wildman–Crippen MR) is 98.6 cm³/mol. The Morgan fingerprint density at radius 2 is 1.89 bits per heavy atom. The number of carbonyl (C=O) groups is 2. The van der Waals surface area contributed by atoms with Gasteiger partial charge in [-0.25, -0.2) is 4.79 Å². The summed E-state index contributed by atoms with van der Waals surface area (Å²) < 4.78 is 21.3. The summed E-state index contributed by atoms with van der Waals surface area (Å²) in [7, 11) is 0. The van der Waals surface area contributed by atoms with Crippen molar-refractivity contribution in [1.82, 2.24) is 0 Å². The first-order valence-corrected chi connectivity index (χ1v) is 8.68. The number of hydrogen-bond acceptors (Lipinski definition) is 6. The fourth-order valence-corrected chi connectivity index (χ4v) is 2.54. The van der Waals surface area contributed by atoms with Crippen LogP contribution in [0.3, 0.4) is 0 Å². The number of anilines is 1. The number of carbonyl (C=O) groups excluding carboxylic acids is 2. The normalized spacial score (nSPS) is 13.4. The van der Waals surface area contributed by atoms with E-state index in [4.69, 9.17) is 30.5 Å². The third-order valence-corrected chi connectivity index (χ3v) is 3.98. The Bertz CT molecular complexity index is 841. The van der Waals surface area contributed by atoms with Crippen molar-refractivity contribution >= 4 is 29.2 Å². The number of hydrogen-bond donors (Lipinski definition) is 1. The molecule has 7 nitrogen and oxygen atoms in total. The first-order valence-electron chi connectivity index (χ1n) is 8.30. The molecule has 1 aliphatic heterocycles. The van der Waals surface area contributed by atoms with E-state index in [0.29, 0.717) is 41.2 Å². The lowest BCUT2D eigenvalue weighted by molar-refractivity contribution is -0.155. The molecule has 0 bridgehead atoms. The molecule has 1 aliphatic rings. The molecule has 2 aromatic carbocycles. The van der Waals surface area contributed by atoms with Gasteiger partial charge in [-0.2, -0.15) is 0 Å². The topological polar surface area (TPSA) is 83.1 Å². The van der Waals surface area contributed by atoms with Gasteiger partial charge in [-0.15, -0.1) is 0 Å². The standard InChI is InChI=1S/C19H18ClNO6/c1-12(27-18(22)11-26-15-5-3-2-4-14(15)20)19(23)21-13-6-7-16-17(10-13)25-9-8-24-16/h2-7,10,12H,8-9,11H2,1H3,(H,21,23)/t12-/m0/s1. The Balaban J connectivity index is 1.50. The van der Waals surface area contributed by atoms with Crippen LogP contribution in [-0.4, -0.2) is 37.8 Å². The van der Waals surface area contributed by atoms with Crippen molar-refractivity contribution in [2.45, 2.75) is 13.0 Å². The highest BCUT2D eigenvalue weighted by molar-refractivity contribution is 6.32. The number of ether oxygens (including phenoxy) is 4. The van der Waals surface area contributed by atoms with Crippen LogP contribution >= 0.6 is 11.6 Å². The van der Waals surface area contributed by atoms with E-state index in [9.17, 15) is 9.59 Å². The van der Waals surface area contributed by atoms with Crippen molar-refractivity contribution in [2.75, 3.05) is 25.1 Å². The quantitative estimate of drug-likeness (QED) is 0.762. The fraction of sp³-hybridized carbons (Fsp3) is 0.263. The minimum absolute atomic E-state index is 0.356. The summed E-state index contributed by atoms with van der Waals surface area (Å²) in [5.74, 6) is 0.384. The molecule has 142 valence electrons. The molecule has 2 aromatic rings. The highest BCUT2D eigenvalue weighted by atomic mass is 35.5. The molecule has 0 aliphatic carbocycles. The van der Waals surface area contributed by atoms with Crippen LogP contribution in [0.2, 0.25) is 5.02 Å². The highest BCUT2D eigenvalue weighted by Crippen LogP contribution is 2.32. The molecule has 0 spiro atoms. The molecule has 0 radical (unpaired) electrons. The van der Waals surface area contributed by atoms with Gasteiger partial charge >= 0.3 is 5.97 Å².